The summed E-state index contributed by atoms with van der Waals surface area (Å²) in [4.78, 5) is 0. The maximum Gasteiger partial charge on any atom is 0.264 e. The molecule has 13 heavy (non-hydrogen) atoms. The van der Waals surface area contributed by atoms with E-state index in [4.69, 9.17) is 9.84 Å². The van der Waals surface area contributed by atoms with E-state index in [0.29, 0.717) is 0 Å². The van der Waals surface area contributed by atoms with Gasteiger partial charge in [0.2, 0.25) is 0 Å². The molecule has 1 saturated heterocycles. The van der Waals surface area contributed by atoms with Gasteiger partial charge < -0.3 is 9.84 Å². The van der Waals surface area contributed by atoms with E-state index in [2.05, 4.69) is 4.18 Å². The zero-order chi connectivity index (χ0) is 9.90. The SMILES string of the molecule is CS(=O)(=O)OC[C@@H]1CC[C@@H](CO)O1. The fourth-order valence-corrected chi connectivity index (χ4v) is 1.64. The Bertz CT molecular complexity index is 248. The molecule has 1 rings (SSSR count). The summed E-state index contributed by atoms with van der Waals surface area (Å²) in [6.07, 6.45) is 2.14. The van der Waals surface area contributed by atoms with Gasteiger partial charge in [-0.3, -0.25) is 4.18 Å². The first-order valence-corrected chi connectivity index (χ1v) is 5.93. The minimum absolute atomic E-state index is 0.0185. The molecule has 6 heteroatoms. The molecule has 0 aromatic rings. The quantitative estimate of drug-likeness (QED) is 0.633. The van der Waals surface area contributed by atoms with Crippen LogP contribution in [0.3, 0.4) is 0 Å². The van der Waals surface area contributed by atoms with Gasteiger partial charge in [0.05, 0.1) is 31.7 Å². The zero-order valence-electron chi connectivity index (χ0n) is 7.47. The highest BCUT2D eigenvalue weighted by atomic mass is 32.2. The lowest BCUT2D eigenvalue weighted by molar-refractivity contribution is -0.00609. The first-order valence-electron chi connectivity index (χ1n) is 4.12. The molecule has 1 aliphatic rings. The molecule has 0 bridgehead atoms. The molecule has 1 aliphatic heterocycles. The summed E-state index contributed by atoms with van der Waals surface area (Å²) in [7, 11) is -3.38. The highest BCUT2D eigenvalue weighted by molar-refractivity contribution is 7.85. The lowest BCUT2D eigenvalue weighted by atomic mass is 10.2. The molecule has 78 valence electrons. The summed E-state index contributed by atoms with van der Waals surface area (Å²) in [5, 5.41) is 8.73. The molecule has 0 aromatic carbocycles. The molecule has 1 heterocycles. The molecule has 1 N–H and O–H groups in total. The van der Waals surface area contributed by atoms with E-state index in [1.54, 1.807) is 0 Å². The third-order valence-electron chi connectivity index (χ3n) is 1.87. The van der Waals surface area contributed by atoms with E-state index in [9.17, 15) is 8.42 Å². The zero-order valence-corrected chi connectivity index (χ0v) is 8.29. The molecule has 1 fully saturated rings. The van der Waals surface area contributed by atoms with E-state index >= 15 is 0 Å². The molecule has 0 aromatic heterocycles. The van der Waals surface area contributed by atoms with Crippen LogP contribution in [0.4, 0.5) is 0 Å². The number of rotatable bonds is 4. The Morgan fingerprint density at radius 3 is 2.54 bits per heavy atom. The molecule has 0 unspecified atom stereocenters. The molecule has 0 spiro atoms. The Kier molecular flexibility index (Phi) is 3.66. The molecule has 2 atom stereocenters. The van der Waals surface area contributed by atoms with Crippen molar-refractivity contribution in [2.45, 2.75) is 25.0 Å². The molecule has 0 aliphatic carbocycles. The van der Waals surface area contributed by atoms with Gasteiger partial charge in [0.25, 0.3) is 10.1 Å². The predicted octanol–water partition coefficient (Wildman–Crippen LogP) is -0.498. The number of hydrogen-bond acceptors (Lipinski definition) is 5. The van der Waals surface area contributed by atoms with Crippen molar-refractivity contribution >= 4 is 10.1 Å². The summed E-state index contributed by atoms with van der Waals surface area (Å²) in [5.41, 5.74) is 0. The van der Waals surface area contributed by atoms with Crippen LogP contribution in [-0.2, 0) is 19.0 Å². The third-order valence-corrected chi connectivity index (χ3v) is 2.43. The second-order valence-electron chi connectivity index (χ2n) is 3.13. The number of aliphatic hydroxyl groups excluding tert-OH is 1. The van der Waals surface area contributed by atoms with Crippen LogP contribution in [0.1, 0.15) is 12.8 Å². The summed E-state index contributed by atoms with van der Waals surface area (Å²) >= 11 is 0. The van der Waals surface area contributed by atoms with Gasteiger partial charge in [0.15, 0.2) is 0 Å². The highest BCUT2D eigenvalue weighted by Crippen LogP contribution is 2.19. The Balaban J connectivity index is 2.25. The number of ether oxygens (including phenoxy) is 1. The van der Waals surface area contributed by atoms with Crippen molar-refractivity contribution in [3.63, 3.8) is 0 Å². The van der Waals surface area contributed by atoms with Crippen LogP contribution in [-0.4, -0.2) is 45.2 Å². The van der Waals surface area contributed by atoms with E-state index in [-0.39, 0.29) is 25.4 Å². The van der Waals surface area contributed by atoms with Crippen LogP contribution in [0.5, 0.6) is 0 Å². The van der Waals surface area contributed by atoms with Gasteiger partial charge in [-0.25, -0.2) is 0 Å². The van der Waals surface area contributed by atoms with E-state index in [0.717, 1.165) is 19.1 Å². The second kappa shape index (κ2) is 4.36. The molecular formula is C7H14O5S. The highest BCUT2D eigenvalue weighted by Gasteiger charge is 2.25. The Morgan fingerprint density at radius 1 is 1.46 bits per heavy atom. The van der Waals surface area contributed by atoms with Gasteiger partial charge in [-0.15, -0.1) is 0 Å². The van der Waals surface area contributed by atoms with Crippen LogP contribution in [0.25, 0.3) is 0 Å². The Labute approximate surface area is 77.8 Å². The smallest absolute Gasteiger partial charge is 0.264 e. The van der Waals surface area contributed by atoms with Crippen molar-refractivity contribution < 1.29 is 22.4 Å². The van der Waals surface area contributed by atoms with Gasteiger partial charge >= 0.3 is 0 Å². The summed E-state index contributed by atoms with van der Waals surface area (Å²) in [6.45, 7) is 0.0324. The Morgan fingerprint density at radius 2 is 2.08 bits per heavy atom. The van der Waals surface area contributed by atoms with Crippen molar-refractivity contribution in [3.05, 3.63) is 0 Å². The van der Waals surface area contributed by atoms with Crippen molar-refractivity contribution in [2.75, 3.05) is 19.5 Å². The average Bonchev–Trinajstić information content (AvgIpc) is 2.47. The maximum atomic E-state index is 10.6. The Hall–Kier alpha value is -0.170. The van der Waals surface area contributed by atoms with Gasteiger partial charge in [0, 0.05) is 0 Å². The summed E-state index contributed by atoms with van der Waals surface area (Å²) < 4.78 is 31.1. The number of aliphatic hydroxyl groups is 1. The van der Waals surface area contributed by atoms with E-state index in [1.165, 1.54) is 0 Å². The monoisotopic (exact) mass is 210 g/mol. The van der Waals surface area contributed by atoms with Crippen molar-refractivity contribution in [1.82, 2.24) is 0 Å². The van der Waals surface area contributed by atoms with Crippen LogP contribution in [0.2, 0.25) is 0 Å². The van der Waals surface area contributed by atoms with E-state index < -0.39 is 10.1 Å². The van der Waals surface area contributed by atoms with Crippen LogP contribution >= 0.6 is 0 Å². The summed E-state index contributed by atoms with van der Waals surface area (Å²) in [5.74, 6) is 0. The largest absolute Gasteiger partial charge is 0.394 e. The van der Waals surface area contributed by atoms with Crippen LogP contribution < -0.4 is 0 Å². The topological polar surface area (TPSA) is 72.8 Å². The van der Waals surface area contributed by atoms with Crippen LogP contribution in [0, 0.1) is 0 Å². The molecule has 5 nitrogen and oxygen atoms in total. The summed E-state index contributed by atoms with van der Waals surface area (Å²) in [6, 6.07) is 0. The lowest BCUT2D eigenvalue weighted by Crippen LogP contribution is -2.20. The van der Waals surface area contributed by atoms with Crippen molar-refractivity contribution in [2.24, 2.45) is 0 Å². The van der Waals surface area contributed by atoms with Crippen molar-refractivity contribution in [1.29, 1.82) is 0 Å². The van der Waals surface area contributed by atoms with Gasteiger partial charge in [-0.1, -0.05) is 0 Å². The molecule has 0 radical (unpaired) electrons. The van der Waals surface area contributed by atoms with Gasteiger partial charge in [-0.05, 0) is 12.8 Å². The van der Waals surface area contributed by atoms with Crippen molar-refractivity contribution in [3.8, 4) is 0 Å². The maximum absolute atomic E-state index is 10.6. The lowest BCUT2D eigenvalue weighted by Gasteiger charge is -2.10. The molecule has 0 amide bonds. The minimum atomic E-state index is -3.38. The molecular weight excluding hydrogens is 196 g/mol. The average molecular weight is 210 g/mol. The normalized spacial score (nSPS) is 29.4. The first kappa shape index (κ1) is 10.9. The minimum Gasteiger partial charge on any atom is -0.394 e. The number of hydrogen-bond donors (Lipinski definition) is 1. The first-order chi connectivity index (χ1) is 6.01. The van der Waals surface area contributed by atoms with Crippen LogP contribution in [0.15, 0.2) is 0 Å². The van der Waals surface area contributed by atoms with Gasteiger partial charge in [-0.2, -0.15) is 8.42 Å². The third kappa shape index (κ3) is 4.04. The fourth-order valence-electron chi connectivity index (χ4n) is 1.24. The standard InChI is InChI=1S/C7H14O5S/c1-13(9,10)11-5-7-3-2-6(4-8)12-7/h6-8H,2-5H2,1H3/t6-,7-/m0/s1. The fraction of sp³-hybridized carbons (Fsp3) is 1.00. The van der Waals surface area contributed by atoms with Gasteiger partial charge in [0.1, 0.15) is 0 Å². The second-order valence-corrected chi connectivity index (χ2v) is 4.77. The predicted molar refractivity (Wildman–Crippen MR) is 45.8 cm³/mol. The molecule has 0 saturated carbocycles. The van der Waals surface area contributed by atoms with E-state index in [1.807, 2.05) is 0 Å².